The molecule has 0 spiro atoms. The van der Waals surface area contributed by atoms with Gasteiger partial charge >= 0.3 is 12.0 Å². The maximum atomic E-state index is 11.5. The van der Waals surface area contributed by atoms with Crippen molar-refractivity contribution in [2.75, 3.05) is 12.4 Å². The molecule has 18 heavy (non-hydrogen) atoms. The third-order valence-electron chi connectivity index (χ3n) is 2.08. The normalized spacial score (nSPS) is 11.6. The number of ether oxygens (including phenoxy) is 1. The largest absolute Gasteiger partial charge is 0.467 e. The van der Waals surface area contributed by atoms with Crippen LogP contribution >= 0.6 is 23.2 Å². The maximum Gasteiger partial charge on any atom is 0.328 e. The summed E-state index contributed by atoms with van der Waals surface area (Å²) in [7, 11) is 1.25. The summed E-state index contributed by atoms with van der Waals surface area (Å²) in [5, 5.41) is 5.65. The number of carbonyl (C=O) groups is 2. The molecule has 0 bridgehead atoms. The summed E-state index contributed by atoms with van der Waals surface area (Å²) in [6.45, 7) is 1.51. The van der Waals surface area contributed by atoms with E-state index in [0.717, 1.165) is 0 Å². The van der Waals surface area contributed by atoms with Crippen LogP contribution in [0.4, 0.5) is 10.5 Å². The van der Waals surface area contributed by atoms with E-state index >= 15 is 0 Å². The highest BCUT2D eigenvalue weighted by molar-refractivity contribution is 6.42. The van der Waals surface area contributed by atoms with Crippen LogP contribution in [0.3, 0.4) is 0 Å². The van der Waals surface area contributed by atoms with E-state index in [2.05, 4.69) is 15.4 Å². The number of amides is 2. The number of hydrogen-bond acceptors (Lipinski definition) is 3. The lowest BCUT2D eigenvalue weighted by Crippen LogP contribution is -2.41. The molecule has 2 amide bonds. The molecule has 98 valence electrons. The minimum atomic E-state index is -0.738. The second-order valence-electron chi connectivity index (χ2n) is 3.47. The zero-order valence-corrected chi connectivity index (χ0v) is 11.3. The SMILES string of the molecule is COC(=O)[C@@H](C)NC(=O)Nc1ccc(Cl)c(Cl)c1. The molecule has 1 rings (SSSR count). The van der Waals surface area contributed by atoms with Crippen molar-refractivity contribution in [3.8, 4) is 0 Å². The Bertz CT molecular complexity index is 466. The van der Waals surface area contributed by atoms with Gasteiger partial charge in [0.2, 0.25) is 0 Å². The molecule has 5 nitrogen and oxygen atoms in total. The van der Waals surface area contributed by atoms with E-state index in [-0.39, 0.29) is 0 Å². The first-order valence-electron chi connectivity index (χ1n) is 5.04. The number of urea groups is 1. The second-order valence-corrected chi connectivity index (χ2v) is 4.29. The standard InChI is InChI=1S/C11H12Cl2N2O3/c1-6(10(16)18-2)14-11(17)15-7-3-4-8(12)9(13)5-7/h3-6H,1-2H3,(H2,14,15,17)/t6-/m1/s1. The molecule has 0 fully saturated rings. The van der Waals surface area contributed by atoms with Crippen molar-refractivity contribution >= 4 is 40.9 Å². The molecule has 0 heterocycles. The van der Waals surface area contributed by atoms with Gasteiger partial charge in [0.05, 0.1) is 17.2 Å². The van der Waals surface area contributed by atoms with Gasteiger partial charge in [0.1, 0.15) is 6.04 Å². The van der Waals surface area contributed by atoms with Crippen LogP contribution in [0.1, 0.15) is 6.92 Å². The van der Waals surface area contributed by atoms with Gasteiger partial charge in [-0.3, -0.25) is 0 Å². The molecule has 0 aliphatic rings. The zero-order valence-electron chi connectivity index (χ0n) is 9.79. The predicted octanol–water partition coefficient (Wildman–Crippen LogP) is 2.68. The van der Waals surface area contributed by atoms with E-state index in [1.165, 1.54) is 20.1 Å². The molecule has 0 radical (unpaired) electrons. The number of methoxy groups -OCH3 is 1. The van der Waals surface area contributed by atoms with E-state index in [1.54, 1.807) is 12.1 Å². The molecule has 0 saturated carbocycles. The Balaban J connectivity index is 2.59. The highest BCUT2D eigenvalue weighted by Gasteiger charge is 2.15. The summed E-state index contributed by atoms with van der Waals surface area (Å²) in [5.41, 5.74) is 0.471. The van der Waals surface area contributed by atoms with Gasteiger partial charge in [0.25, 0.3) is 0 Å². The van der Waals surface area contributed by atoms with Gasteiger partial charge in [0, 0.05) is 5.69 Å². The Labute approximate surface area is 114 Å². The van der Waals surface area contributed by atoms with Gasteiger partial charge in [-0.05, 0) is 25.1 Å². The summed E-state index contributed by atoms with van der Waals surface area (Å²) in [5.74, 6) is -0.528. The Morgan fingerprint density at radius 2 is 1.94 bits per heavy atom. The van der Waals surface area contributed by atoms with Gasteiger partial charge in [-0.2, -0.15) is 0 Å². The van der Waals surface area contributed by atoms with Crippen LogP contribution in [0, 0.1) is 0 Å². The van der Waals surface area contributed by atoms with Crippen LogP contribution in [-0.4, -0.2) is 25.2 Å². The Kier molecular flexibility index (Phi) is 5.25. The van der Waals surface area contributed by atoms with Crippen LogP contribution in [0.5, 0.6) is 0 Å². The van der Waals surface area contributed by atoms with Crippen molar-refractivity contribution in [1.29, 1.82) is 0 Å². The van der Waals surface area contributed by atoms with Gasteiger partial charge < -0.3 is 15.4 Å². The van der Waals surface area contributed by atoms with Crippen molar-refractivity contribution in [1.82, 2.24) is 5.32 Å². The lowest BCUT2D eigenvalue weighted by atomic mass is 10.3. The smallest absolute Gasteiger partial charge is 0.328 e. The molecule has 0 aliphatic heterocycles. The number of rotatable bonds is 3. The Morgan fingerprint density at radius 1 is 1.28 bits per heavy atom. The minimum Gasteiger partial charge on any atom is -0.467 e. The highest BCUT2D eigenvalue weighted by Crippen LogP contribution is 2.24. The number of hydrogen-bond donors (Lipinski definition) is 2. The molecular formula is C11H12Cl2N2O3. The molecule has 0 aromatic heterocycles. The molecular weight excluding hydrogens is 279 g/mol. The fraction of sp³-hybridized carbons (Fsp3) is 0.273. The summed E-state index contributed by atoms with van der Waals surface area (Å²) in [6, 6.07) is 3.38. The quantitative estimate of drug-likeness (QED) is 0.841. The van der Waals surface area contributed by atoms with Crippen LogP contribution in [0.25, 0.3) is 0 Å². The molecule has 1 atom stereocenters. The van der Waals surface area contributed by atoms with E-state index in [9.17, 15) is 9.59 Å². The molecule has 7 heteroatoms. The van der Waals surface area contributed by atoms with Crippen LogP contribution in [0.2, 0.25) is 10.0 Å². The number of anilines is 1. The van der Waals surface area contributed by atoms with E-state index < -0.39 is 18.0 Å². The Morgan fingerprint density at radius 3 is 2.50 bits per heavy atom. The first kappa shape index (κ1) is 14.6. The van der Waals surface area contributed by atoms with Crippen LogP contribution in [-0.2, 0) is 9.53 Å². The lowest BCUT2D eigenvalue weighted by Gasteiger charge is -2.12. The number of benzene rings is 1. The van der Waals surface area contributed by atoms with E-state index in [4.69, 9.17) is 23.2 Å². The van der Waals surface area contributed by atoms with Crippen molar-refractivity contribution in [2.45, 2.75) is 13.0 Å². The van der Waals surface area contributed by atoms with E-state index in [1.807, 2.05) is 0 Å². The highest BCUT2D eigenvalue weighted by atomic mass is 35.5. The maximum absolute atomic E-state index is 11.5. The van der Waals surface area contributed by atoms with Crippen LogP contribution in [0.15, 0.2) is 18.2 Å². The summed E-state index contributed by atoms with van der Waals surface area (Å²) < 4.78 is 4.48. The predicted molar refractivity (Wildman–Crippen MR) is 70.1 cm³/mol. The molecule has 0 unspecified atom stereocenters. The molecule has 0 aliphatic carbocycles. The number of carbonyl (C=O) groups excluding carboxylic acids is 2. The van der Waals surface area contributed by atoms with Crippen molar-refractivity contribution in [3.05, 3.63) is 28.2 Å². The second kappa shape index (κ2) is 6.47. The zero-order chi connectivity index (χ0) is 13.7. The monoisotopic (exact) mass is 290 g/mol. The van der Waals surface area contributed by atoms with Gasteiger partial charge in [-0.25, -0.2) is 9.59 Å². The van der Waals surface area contributed by atoms with Crippen molar-refractivity contribution < 1.29 is 14.3 Å². The van der Waals surface area contributed by atoms with Gasteiger partial charge in [0.15, 0.2) is 0 Å². The van der Waals surface area contributed by atoms with Crippen LogP contribution < -0.4 is 10.6 Å². The third-order valence-corrected chi connectivity index (χ3v) is 2.82. The fourth-order valence-electron chi connectivity index (χ4n) is 1.17. The van der Waals surface area contributed by atoms with Crippen molar-refractivity contribution in [3.63, 3.8) is 0 Å². The molecule has 1 aromatic carbocycles. The van der Waals surface area contributed by atoms with Gasteiger partial charge in [-0.1, -0.05) is 23.2 Å². The van der Waals surface area contributed by atoms with Gasteiger partial charge in [-0.15, -0.1) is 0 Å². The first-order chi connectivity index (χ1) is 8.43. The molecule has 0 saturated heterocycles. The minimum absolute atomic E-state index is 0.329. The molecule has 1 aromatic rings. The first-order valence-corrected chi connectivity index (χ1v) is 5.80. The Hall–Kier alpha value is -1.46. The summed E-state index contributed by atoms with van der Waals surface area (Å²) >= 11 is 11.5. The number of esters is 1. The van der Waals surface area contributed by atoms with E-state index in [0.29, 0.717) is 15.7 Å². The average molecular weight is 291 g/mol. The number of nitrogens with one attached hydrogen (secondary N) is 2. The summed E-state index contributed by atoms with van der Waals surface area (Å²) in [4.78, 5) is 22.6. The topological polar surface area (TPSA) is 67.4 Å². The molecule has 2 N–H and O–H groups in total. The summed E-state index contributed by atoms with van der Waals surface area (Å²) in [6.07, 6.45) is 0. The third kappa shape index (κ3) is 4.09. The lowest BCUT2D eigenvalue weighted by molar-refractivity contribution is -0.142. The average Bonchev–Trinajstić information content (AvgIpc) is 2.32. The van der Waals surface area contributed by atoms with Crippen molar-refractivity contribution in [2.24, 2.45) is 0 Å². The number of halogens is 2. The fourth-order valence-corrected chi connectivity index (χ4v) is 1.47.